The molecule has 4 rings (SSSR count). The highest BCUT2D eigenvalue weighted by molar-refractivity contribution is 6.35. The number of rotatable bonds is 4. The molecule has 0 amide bonds. The molecule has 4 nitrogen and oxygen atoms in total. The minimum atomic E-state index is -0.279. The summed E-state index contributed by atoms with van der Waals surface area (Å²) in [6, 6.07) is 12.3. The van der Waals surface area contributed by atoms with Crippen molar-refractivity contribution < 1.29 is 13.6 Å². The van der Waals surface area contributed by atoms with Gasteiger partial charge in [0, 0.05) is 15.6 Å². The molecule has 0 saturated heterocycles. The van der Waals surface area contributed by atoms with Gasteiger partial charge in [0.2, 0.25) is 16.9 Å². The second kappa shape index (κ2) is 7.38. The van der Waals surface area contributed by atoms with Gasteiger partial charge in [0.25, 0.3) is 0 Å². The molecule has 0 aliphatic carbocycles. The lowest BCUT2D eigenvalue weighted by molar-refractivity contribution is 0.296. The lowest BCUT2D eigenvalue weighted by atomic mass is 10.1. The largest absolute Gasteiger partial charge is 0.481 e. The van der Waals surface area contributed by atoms with Crippen LogP contribution in [0, 0.1) is 13.8 Å². The molecule has 0 atom stereocenters. The zero-order valence-electron chi connectivity index (χ0n) is 15.2. The Kier molecular flexibility index (Phi) is 4.92. The van der Waals surface area contributed by atoms with Gasteiger partial charge in [-0.1, -0.05) is 29.3 Å². The molecule has 2 heterocycles. The van der Waals surface area contributed by atoms with E-state index in [-0.39, 0.29) is 23.5 Å². The van der Waals surface area contributed by atoms with Gasteiger partial charge in [-0.05, 0) is 61.4 Å². The van der Waals surface area contributed by atoms with E-state index in [9.17, 15) is 4.79 Å². The van der Waals surface area contributed by atoms with E-state index in [1.165, 1.54) is 6.26 Å². The average molecular weight is 415 g/mol. The van der Waals surface area contributed by atoms with Crippen molar-refractivity contribution in [1.29, 1.82) is 0 Å². The topological polar surface area (TPSA) is 52.6 Å². The van der Waals surface area contributed by atoms with E-state index in [1.807, 2.05) is 19.9 Å². The Hall–Kier alpha value is -2.69. The molecule has 0 bridgehead atoms. The van der Waals surface area contributed by atoms with Crippen LogP contribution in [0.15, 0.2) is 62.4 Å². The number of ether oxygens (including phenoxy) is 1. The molecule has 2 aromatic carbocycles. The van der Waals surface area contributed by atoms with Gasteiger partial charge in [-0.2, -0.15) is 0 Å². The fourth-order valence-electron chi connectivity index (χ4n) is 2.95. The van der Waals surface area contributed by atoms with Gasteiger partial charge in [-0.25, -0.2) is 0 Å². The Bertz CT molecular complexity index is 1200. The molecule has 0 aliphatic rings. The fraction of sp³-hybridized carbons (Fsp3) is 0.136. The first-order chi connectivity index (χ1) is 13.5. The van der Waals surface area contributed by atoms with Crippen LogP contribution >= 0.6 is 23.2 Å². The molecule has 4 aromatic rings. The number of fused-ring (bicyclic) bond motifs is 1. The first-order valence-electron chi connectivity index (χ1n) is 8.63. The molecular weight excluding hydrogens is 399 g/mol. The van der Waals surface area contributed by atoms with Crippen molar-refractivity contribution in [1.82, 2.24) is 0 Å². The van der Waals surface area contributed by atoms with Crippen molar-refractivity contribution in [2.24, 2.45) is 0 Å². The highest BCUT2D eigenvalue weighted by Gasteiger charge is 2.21. The number of halogens is 2. The van der Waals surface area contributed by atoms with E-state index < -0.39 is 0 Å². The standard InChI is InChI=1S/C22H16Cl2O4/c1-12-9-14-19(10-13(12)2)28-21(18-7-4-8-26-18)22(20(14)25)27-11-15-16(23)5-3-6-17(15)24/h3-10H,11H2,1-2H3. The quantitative estimate of drug-likeness (QED) is 0.379. The van der Waals surface area contributed by atoms with Crippen molar-refractivity contribution in [2.45, 2.75) is 20.5 Å². The van der Waals surface area contributed by atoms with Crippen LogP contribution < -0.4 is 10.2 Å². The van der Waals surface area contributed by atoms with Gasteiger partial charge in [0.1, 0.15) is 12.2 Å². The average Bonchev–Trinajstić information content (AvgIpc) is 3.19. The minimum absolute atomic E-state index is 0.0212. The Morgan fingerprint density at radius 3 is 2.39 bits per heavy atom. The highest BCUT2D eigenvalue weighted by atomic mass is 35.5. The third kappa shape index (κ3) is 3.30. The Morgan fingerprint density at radius 2 is 1.71 bits per heavy atom. The smallest absolute Gasteiger partial charge is 0.235 e. The van der Waals surface area contributed by atoms with Gasteiger partial charge in [0.15, 0.2) is 5.76 Å². The summed E-state index contributed by atoms with van der Waals surface area (Å²) in [6.07, 6.45) is 1.51. The van der Waals surface area contributed by atoms with Crippen LogP contribution in [0.2, 0.25) is 10.0 Å². The fourth-order valence-corrected chi connectivity index (χ4v) is 3.46. The molecule has 0 saturated carbocycles. The highest BCUT2D eigenvalue weighted by Crippen LogP contribution is 2.33. The van der Waals surface area contributed by atoms with E-state index in [0.29, 0.717) is 32.3 Å². The van der Waals surface area contributed by atoms with Crippen molar-refractivity contribution in [3.05, 3.63) is 85.7 Å². The Labute approximate surface area is 171 Å². The van der Waals surface area contributed by atoms with E-state index in [4.69, 9.17) is 36.8 Å². The predicted octanol–water partition coefficient (Wildman–Crippen LogP) is 6.56. The normalized spacial score (nSPS) is 11.1. The van der Waals surface area contributed by atoms with Gasteiger partial charge < -0.3 is 13.6 Å². The third-order valence-electron chi connectivity index (χ3n) is 4.63. The van der Waals surface area contributed by atoms with Crippen LogP contribution in [0.25, 0.3) is 22.5 Å². The van der Waals surface area contributed by atoms with Crippen LogP contribution in [0.1, 0.15) is 16.7 Å². The molecule has 2 aromatic heterocycles. The summed E-state index contributed by atoms with van der Waals surface area (Å²) in [5.41, 5.74) is 2.81. The molecule has 0 radical (unpaired) electrons. The second-order valence-electron chi connectivity index (χ2n) is 6.49. The van der Waals surface area contributed by atoms with E-state index >= 15 is 0 Å². The lowest BCUT2D eigenvalue weighted by Crippen LogP contribution is -2.11. The minimum Gasteiger partial charge on any atom is -0.481 e. The summed E-state index contributed by atoms with van der Waals surface area (Å²) in [5, 5.41) is 1.37. The van der Waals surface area contributed by atoms with Gasteiger partial charge in [-0.15, -0.1) is 0 Å². The zero-order chi connectivity index (χ0) is 19.8. The molecule has 0 spiro atoms. The maximum atomic E-state index is 13.2. The summed E-state index contributed by atoms with van der Waals surface area (Å²) < 4.78 is 17.4. The number of benzene rings is 2. The predicted molar refractivity (Wildman–Crippen MR) is 110 cm³/mol. The van der Waals surface area contributed by atoms with Crippen molar-refractivity contribution in [2.75, 3.05) is 0 Å². The second-order valence-corrected chi connectivity index (χ2v) is 7.30. The van der Waals surface area contributed by atoms with Crippen LogP contribution in [-0.4, -0.2) is 0 Å². The molecule has 0 fully saturated rings. The summed E-state index contributed by atoms with van der Waals surface area (Å²) in [7, 11) is 0. The number of furan rings is 1. The molecule has 28 heavy (non-hydrogen) atoms. The number of hydrogen-bond donors (Lipinski definition) is 0. The lowest BCUT2D eigenvalue weighted by Gasteiger charge is -2.13. The van der Waals surface area contributed by atoms with Crippen molar-refractivity contribution >= 4 is 34.2 Å². The van der Waals surface area contributed by atoms with Gasteiger partial charge >= 0.3 is 0 Å². The first kappa shape index (κ1) is 18.7. The van der Waals surface area contributed by atoms with E-state index in [1.54, 1.807) is 36.4 Å². The molecule has 0 N–H and O–H groups in total. The third-order valence-corrected chi connectivity index (χ3v) is 5.34. The summed E-state index contributed by atoms with van der Waals surface area (Å²) >= 11 is 12.4. The summed E-state index contributed by atoms with van der Waals surface area (Å²) in [5.74, 6) is 0.688. The molecule has 0 unspecified atom stereocenters. The summed E-state index contributed by atoms with van der Waals surface area (Å²) in [6.45, 7) is 3.93. The van der Waals surface area contributed by atoms with Crippen molar-refractivity contribution in [3.63, 3.8) is 0 Å². The van der Waals surface area contributed by atoms with E-state index in [2.05, 4.69) is 0 Å². The van der Waals surface area contributed by atoms with Crippen LogP contribution in [0.5, 0.6) is 5.75 Å². The molecule has 6 heteroatoms. The number of aryl methyl sites for hydroxylation is 2. The Balaban J connectivity index is 1.88. The van der Waals surface area contributed by atoms with Crippen LogP contribution in [0.4, 0.5) is 0 Å². The van der Waals surface area contributed by atoms with Crippen LogP contribution in [-0.2, 0) is 6.61 Å². The molecule has 0 aliphatic heterocycles. The van der Waals surface area contributed by atoms with E-state index in [0.717, 1.165) is 11.1 Å². The maximum Gasteiger partial charge on any atom is 0.235 e. The first-order valence-corrected chi connectivity index (χ1v) is 9.39. The molecule has 142 valence electrons. The number of hydrogen-bond acceptors (Lipinski definition) is 4. The van der Waals surface area contributed by atoms with Crippen molar-refractivity contribution in [3.8, 4) is 17.3 Å². The van der Waals surface area contributed by atoms with Gasteiger partial charge in [0.05, 0.1) is 11.6 Å². The Morgan fingerprint density at radius 1 is 1.00 bits per heavy atom. The zero-order valence-corrected chi connectivity index (χ0v) is 16.7. The monoisotopic (exact) mass is 414 g/mol. The van der Waals surface area contributed by atoms with Gasteiger partial charge in [-0.3, -0.25) is 4.79 Å². The molecular formula is C22H16Cl2O4. The summed E-state index contributed by atoms with van der Waals surface area (Å²) in [4.78, 5) is 13.2. The van der Waals surface area contributed by atoms with Crippen LogP contribution in [0.3, 0.4) is 0 Å². The maximum absolute atomic E-state index is 13.2. The SMILES string of the molecule is Cc1cc2oc(-c3ccco3)c(OCc3c(Cl)cccc3Cl)c(=O)c2cc1C.